The minimum Gasteiger partial charge on any atom is -0.463 e. The van der Waals surface area contributed by atoms with Crippen molar-refractivity contribution in [2.45, 2.75) is 24.3 Å². The molecule has 0 aromatic heterocycles. The summed E-state index contributed by atoms with van der Waals surface area (Å²) in [5.41, 5.74) is -2.02. The SMILES string of the molecule is CCOC(=O)C(F)(F)Br.CCOC(=O)C(F)Cl. The highest BCUT2D eigenvalue weighted by molar-refractivity contribution is 9.10. The number of hydrogen-bond donors (Lipinski definition) is 0. The zero-order valence-corrected chi connectivity index (χ0v) is 11.4. The molecule has 0 spiro atoms. The van der Waals surface area contributed by atoms with Gasteiger partial charge in [-0.1, -0.05) is 11.6 Å². The Kier molecular flexibility index (Phi) is 10.6. The van der Waals surface area contributed by atoms with Gasteiger partial charge in [-0.15, -0.1) is 0 Å². The molecule has 9 heteroatoms. The third-order valence-corrected chi connectivity index (χ3v) is 1.47. The van der Waals surface area contributed by atoms with Crippen molar-refractivity contribution in [1.29, 1.82) is 0 Å². The van der Waals surface area contributed by atoms with Crippen LogP contribution in [0.1, 0.15) is 13.8 Å². The molecule has 0 aliphatic rings. The zero-order chi connectivity index (χ0) is 14.1. The molecular formula is C8H11BrClF3O4. The average Bonchev–Trinajstić information content (AvgIpc) is 2.18. The molecule has 0 saturated carbocycles. The molecule has 102 valence electrons. The minimum atomic E-state index is -3.54. The van der Waals surface area contributed by atoms with Gasteiger partial charge in [-0.3, -0.25) is 0 Å². The van der Waals surface area contributed by atoms with Crippen LogP contribution in [-0.4, -0.2) is 35.6 Å². The fourth-order valence-corrected chi connectivity index (χ4v) is 0.596. The summed E-state index contributed by atoms with van der Waals surface area (Å²) >= 11 is 6.50. The first-order valence-electron chi connectivity index (χ1n) is 4.35. The molecule has 0 fully saturated rings. The van der Waals surface area contributed by atoms with Gasteiger partial charge in [-0.05, 0) is 13.8 Å². The Balaban J connectivity index is 0. The molecule has 1 atom stereocenters. The van der Waals surface area contributed by atoms with Crippen LogP contribution in [0.2, 0.25) is 0 Å². The van der Waals surface area contributed by atoms with Gasteiger partial charge in [-0.2, -0.15) is 8.78 Å². The highest BCUT2D eigenvalue weighted by atomic mass is 79.9. The van der Waals surface area contributed by atoms with E-state index in [0.29, 0.717) is 0 Å². The van der Waals surface area contributed by atoms with E-state index in [1.54, 1.807) is 6.92 Å². The molecule has 4 nitrogen and oxygen atoms in total. The molecule has 0 saturated heterocycles. The molecule has 0 radical (unpaired) electrons. The highest BCUT2D eigenvalue weighted by Crippen LogP contribution is 2.22. The van der Waals surface area contributed by atoms with E-state index in [1.165, 1.54) is 6.92 Å². The molecule has 0 heterocycles. The van der Waals surface area contributed by atoms with Crippen molar-refractivity contribution in [1.82, 2.24) is 0 Å². The van der Waals surface area contributed by atoms with E-state index in [2.05, 4.69) is 21.1 Å². The first-order chi connectivity index (χ1) is 7.66. The van der Waals surface area contributed by atoms with E-state index in [1.807, 2.05) is 15.9 Å². The summed E-state index contributed by atoms with van der Waals surface area (Å²) in [5.74, 6) is -2.57. The monoisotopic (exact) mass is 342 g/mol. The van der Waals surface area contributed by atoms with E-state index in [0.717, 1.165) is 0 Å². The van der Waals surface area contributed by atoms with Crippen LogP contribution in [0.4, 0.5) is 13.2 Å². The molecule has 0 rings (SSSR count). The quantitative estimate of drug-likeness (QED) is 0.582. The fraction of sp³-hybridized carbons (Fsp3) is 0.750. The normalized spacial score (nSPS) is 11.9. The molecule has 0 bridgehead atoms. The second-order valence-corrected chi connectivity index (χ2v) is 3.65. The van der Waals surface area contributed by atoms with Crippen LogP contribution in [0.3, 0.4) is 0 Å². The van der Waals surface area contributed by atoms with Gasteiger partial charge in [0.1, 0.15) is 0 Å². The number of carbonyl (C=O) groups is 2. The lowest BCUT2D eigenvalue weighted by atomic mass is 10.7. The van der Waals surface area contributed by atoms with Gasteiger partial charge in [0.25, 0.3) is 5.63 Å². The Bertz CT molecular complexity index is 245. The molecule has 0 aromatic carbocycles. The van der Waals surface area contributed by atoms with Crippen LogP contribution in [0, 0.1) is 0 Å². The number of rotatable bonds is 4. The van der Waals surface area contributed by atoms with Gasteiger partial charge in [0.2, 0.25) is 0 Å². The van der Waals surface area contributed by atoms with E-state index >= 15 is 0 Å². The summed E-state index contributed by atoms with van der Waals surface area (Å²) in [7, 11) is 0. The molecule has 0 aliphatic carbocycles. The first kappa shape index (κ1) is 18.9. The summed E-state index contributed by atoms with van der Waals surface area (Å²) in [4.78, 5) is 16.5. The summed E-state index contributed by atoms with van der Waals surface area (Å²) in [6, 6.07) is 0. The van der Waals surface area contributed by atoms with Crippen LogP contribution in [0.15, 0.2) is 0 Å². The lowest BCUT2D eigenvalue weighted by Gasteiger charge is -2.05. The Morgan fingerprint density at radius 1 is 1.29 bits per heavy atom. The molecule has 0 aliphatic heterocycles. The Morgan fingerprint density at radius 2 is 1.71 bits per heavy atom. The summed E-state index contributed by atoms with van der Waals surface area (Å²) in [5, 5.41) is 0. The van der Waals surface area contributed by atoms with E-state index in [9.17, 15) is 22.8 Å². The van der Waals surface area contributed by atoms with E-state index in [-0.39, 0.29) is 13.2 Å². The van der Waals surface area contributed by atoms with Crippen LogP contribution in [0.25, 0.3) is 0 Å². The fourth-order valence-electron chi connectivity index (χ4n) is 0.418. The van der Waals surface area contributed by atoms with Gasteiger partial charge in [0.05, 0.1) is 13.2 Å². The summed E-state index contributed by atoms with van der Waals surface area (Å²) < 4.78 is 43.2. The van der Waals surface area contributed by atoms with E-state index < -0.39 is 22.4 Å². The van der Waals surface area contributed by atoms with Crippen LogP contribution >= 0.6 is 27.5 Å². The van der Waals surface area contributed by atoms with Gasteiger partial charge in [0.15, 0.2) is 0 Å². The number of alkyl halides is 5. The number of ether oxygens (including phenoxy) is 2. The number of carbonyl (C=O) groups excluding carboxylic acids is 2. The predicted octanol–water partition coefficient (Wildman–Crippen LogP) is 2.62. The Labute approximate surface area is 110 Å². The number of hydrogen-bond acceptors (Lipinski definition) is 4. The van der Waals surface area contributed by atoms with Gasteiger partial charge in [-0.25, -0.2) is 14.0 Å². The lowest BCUT2D eigenvalue weighted by molar-refractivity contribution is -0.158. The molecule has 1 unspecified atom stereocenters. The van der Waals surface area contributed by atoms with Crippen LogP contribution in [0.5, 0.6) is 0 Å². The minimum absolute atomic E-state index is 0.0416. The molecule has 17 heavy (non-hydrogen) atoms. The van der Waals surface area contributed by atoms with Crippen molar-refractivity contribution < 1.29 is 32.2 Å². The second-order valence-electron chi connectivity index (χ2n) is 2.27. The third kappa shape index (κ3) is 11.8. The van der Waals surface area contributed by atoms with Crippen LogP contribution in [-0.2, 0) is 19.1 Å². The van der Waals surface area contributed by atoms with E-state index in [4.69, 9.17) is 0 Å². The molecule has 0 N–H and O–H groups in total. The van der Waals surface area contributed by atoms with Crippen molar-refractivity contribution in [2.75, 3.05) is 13.2 Å². The van der Waals surface area contributed by atoms with Crippen molar-refractivity contribution in [3.63, 3.8) is 0 Å². The highest BCUT2D eigenvalue weighted by Gasteiger charge is 2.36. The molecule has 0 aromatic rings. The standard InChI is InChI=1S/C4H5BrF2O2.C4H6ClFO2/c1-2-9-3(8)4(5,6)7;1-2-8-4(7)3(5)6/h2H2,1H3;3H,2H2,1H3. The van der Waals surface area contributed by atoms with Gasteiger partial charge in [0, 0.05) is 15.9 Å². The maximum Gasteiger partial charge on any atom is 0.395 e. The van der Waals surface area contributed by atoms with Crippen molar-refractivity contribution in [2.24, 2.45) is 0 Å². The first-order valence-corrected chi connectivity index (χ1v) is 5.58. The maximum absolute atomic E-state index is 11.7. The van der Waals surface area contributed by atoms with Crippen molar-refractivity contribution >= 4 is 39.5 Å². The lowest BCUT2D eigenvalue weighted by Crippen LogP contribution is -2.23. The van der Waals surface area contributed by atoms with Crippen molar-refractivity contribution in [3.8, 4) is 0 Å². The van der Waals surface area contributed by atoms with Crippen LogP contribution < -0.4 is 0 Å². The van der Waals surface area contributed by atoms with Gasteiger partial charge >= 0.3 is 16.8 Å². The summed E-state index contributed by atoms with van der Waals surface area (Å²) in [6.07, 6.45) is 0. The van der Waals surface area contributed by atoms with Crippen molar-refractivity contribution in [3.05, 3.63) is 0 Å². The number of halogens is 5. The smallest absolute Gasteiger partial charge is 0.395 e. The Morgan fingerprint density at radius 3 is 1.82 bits per heavy atom. The Hall–Kier alpha value is -0.500. The summed E-state index contributed by atoms with van der Waals surface area (Å²) in [6.45, 7) is 3.15. The van der Waals surface area contributed by atoms with Gasteiger partial charge < -0.3 is 9.47 Å². The average molecular weight is 344 g/mol. The zero-order valence-electron chi connectivity index (χ0n) is 9.01. The molecular weight excluding hydrogens is 332 g/mol. The largest absolute Gasteiger partial charge is 0.463 e. The predicted molar refractivity (Wildman–Crippen MR) is 57.9 cm³/mol. The maximum atomic E-state index is 11.7. The topological polar surface area (TPSA) is 52.6 Å². The number of esters is 2. The third-order valence-electron chi connectivity index (χ3n) is 0.972. The second kappa shape index (κ2) is 9.52. The molecule has 0 amide bonds.